The van der Waals surface area contributed by atoms with Crippen molar-refractivity contribution in [1.29, 1.82) is 0 Å². The number of hydrogen-bond donors (Lipinski definition) is 0. The van der Waals surface area contributed by atoms with Gasteiger partial charge in [0.15, 0.2) is 23.7 Å². The maximum Gasteiger partial charge on any atom is 0.190 e. The van der Waals surface area contributed by atoms with Crippen molar-refractivity contribution in [2.75, 3.05) is 19.8 Å². The largest absolute Gasteiger partial charge is 0.487 e. The Balaban J connectivity index is 1.51. The molecule has 1 aliphatic rings. The van der Waals surface area contributed by atoms with Crippen molar-refractivity contribution in [3.8, 4) is 5.75 Å². The van der Waals surface area contributed by atoms with Crippen molar-refractivity contribution < 1.29 is 27.4 Å². The van der Waals surface area contributed by atoms with Gasteiger partial charge in [-0.25, -0.2) is 13.2 Å². The first-order chi connectivity index (χ1) is 14.0. The van der Waals surface area contributed by atoms with Crippen molar-refractivity contribution in [1.82, 2.24) is 0 Å². The Kier molecular flexibility index (Phi) is 7.81. The monoisotopic (exact) mass is 428 g/mol. The van der Waals surface area contributed by atoms with Crippen LogP contribution in [-0.2, 0) is 15.9 Å². The van der Waals surface area contributed by atoms with E-state index in [1.165, 1.54) is 24.3 Å². The predicted molar refractivity (Wildman–Crippen MR) is 105 cm³/mol. The van der Waals surface area contributed by atoms with E-state index in [2.05, 4.69) is 6.92 Å². The summed E-state index contributed by atoms with van der Waals surface area (Å²) in [5.41, 5.74) is 1.14. The fourth-order valence-electron chi connectivity index (χ4n) is 3.17. The molecule has 29 heavy (non-hydrogen) atoms. The summed E-state index contributed by atoms with van der Waals surface area (Å²) in [6.45, 7) is 2.64. The second-order valence-electron chi connectivity index (χ2n) is 7.19. The zero-order valence-electron chi connectivity index (χ0n) is 16.2. The molecule has 0 unspecified atom stereocenters. The molecule has 0 aliphatic carbocycles. The molecule has 0 amide bonds. The SMILES string of the molecule is CCCCCc1cc(F)c(OCC2COC(c3ccc(Cl)c(F)c3)OC2)c(F)c1. The van der Waals surface area contributed by atoms with Gasteiger partial charge in [0.1, 0.15) is 5.82 Å². The highest BCUT2D eigenvalue weighted by Gasteiger charge is 2.25. The minimum absolute atomic E-state index is 0.0243. The molecule has 3 nitrogen and oxygen atoms in total. The van der Waals surface area contributed by atoms with Crippen molar-refractivity contribution >= 4 is 11.6 Å². The third-order valence-electron chi connectivity index (χ3n) is 4.77. The Morgan fingerprint density at radius 2 is 1.69 bits per heavy atom. The fraction of sp³-hybridized carbons (Fsp3) is 0.455. The molecule has 2 aromatic carbocycles. The molecule has 2 aromatic rings. The zero-order chi connectivity index (χ0) is 20.8. The van der Waals surface area contributed by atoms with Gasteiger partial charge in [0.05, 0.1) is 24.8 Å². The van der Waals surface area contributed by atoms with Crippen LogP contribution in [0.5, 0.6) is 5.75 Å². The summed E-state index contributed by atoms with van der Waals surface area (Å²) >= 11 is 5.67. The summed E-state index contributed by atoms with van der Waals surface area (Å²) < 4.78 is 58.7. The summed E-state index contributed by atoms with van der Waals surface area (Å²) in [6, 6.07) is 6.97. The normalized spacial score (nSPS) is 19.3. The Morgan fingerprint density at radius 3 is 2.31 bits per heavy atom. The van der Waals surface area contributed by atoms with Gasteiger partial charge < -0.3 is 14.2 Å². The minimum Gasteiger partial charge on any atom is -0.487 e. The van der Waals surface area contributed by atoms with Crippen LogP contribution in [0.3, 0.4) is 0 Å². The molecule has 158 valence electrons. The van der Waals surface area contributed by atoms with Crippen LogP contribution < -0.4 is 4.74 Å². The third kappa shape index (κ3) is 5.87. The van der Waals surface area contributed by atoms with Crippen molar-refractivity contribution in [3.63, 3.8) is 0 Å². The van der Waals surface area contributed by atoms with Gasteiger partial charge in [-0.2, -0.15) is 0 Å². The predicted octanol–water partition coefficient (Wildman–Crippen LogP) is 6.23. The Hall–Kier alpha value is -1.76. The van der Waals surface area contributed by atoms with Gasteiger partial charge >= 0.3 is 0 Å². The zero-order valence-corrected chi connectivity index (χ0v) is 17.0. The lowest BCUT2D eigenvalue weighted by molar-refractivity contribution is -0.208. The lowest BCUT2D eigenvalue weighted by Gasteiger charge is -2.29. The number of hydrogen-bond acceptors (Lipinski definition) is 3. The van der Waals surface area contributed by atoms with Gasteiger partial charge in [-0.15, -0.1) is 0 Å². The fourth-order valence-corrected chi connectivity index (χ4v) is 3.28. The molecule has 0 radical (unpaired) electrons. The summed E-state index contributed by atoms with van der Waals surface area (Å²) in [4.78, 5) is 0. The summed E-state index contributed by atoms with van der Waals surface area (Å²) in [6.07, 6.45) is 2.89. The number of halogens is 4. The molecule has 1 fully saturated rings. The van der Waals surface area contributed by atoms with E-state index in [-0.39, 0.29) is 36.5 Å². The van der Waals surface area contributed by atoms with E-state index in [9.17, 15) is 13.2 Å². The Bertz CT molecular complexity index is 800. The number of rotatable bonds is 8. The number of benzene rings is 2. The number of ether oxygens (including phenoxy) is 3. The Labute approximate surface area is 173 Å². The van der Waals surface area contributed by atoms with Gasteiger partial charge in [0, 0.05) is 11.5 Å². The summed E-state index contributed by atoms with van der Waals surface area (Å²) in [5, 5.41) is 0.0243. The number of unbranched alkanes of at least 4 members (excludes halogenated alkanes) is 2. The highest BCUT2D eigenvalue weighted by molar-refractivity contribution is 6.30. The average Bonchev–Trinajstić information content (AvgIpc) is 2.70. The maximum atomic E-state index is 14.3. The van der Waals surface area contributed by atoms with Crippen LogP contribution in [-0.4, -0.2) is 19.8 Å². The second-order valence-corrected chi connectivity index (χ2v) is 7.60. The molecule has 3 rings (SSSR count). The summed E-state index contributed by atoms with van der Waals surface area (Å²) in [5.74, 6) is -2.55. The van der Waals surface area contributed by atoms with Crippen LogP contribution in [0.2, 0.25) is 5.02 Å². The van der Waals surface area contributed by atoms with Gasteiger partial charge in [0.2, 0.25) is 0 Å². The standard InChI is InChI=1S/C22H24ClF3O3/c1-2-3-4-5-14-8-19(25)21(20(26)9-14)27-11-15-12-28-22(29-13-15)16-6-7-17(23)18(24)10-16/h6-10,15,22H,2-5,11-13H2,1H3. The van der Waals surface area contributed by atoms with E-state index < -0.39 is 23.7 Å². The molecule has 0 atom stereocenters. The topological polar surface area (TPSA) is 27.7 Å². The molecule has 0 bridgehead atoms. The van der Waals surface area contributed by atoms with Crippen LogP contribution in [0.4, 0.5) is 13.2 Å². The molecule has 0 N–H and O–H groups in total. The lowest BCUT2D eigenvalue weighted by atomic mass is 10.1. The van der Waals surface area contributed by atoms with Crippen molar-refractivity contribution in [2.24, 2.45) is 5.92 Å². The third-order valence-corrected chi connectivity index (χ3v) is 5.08. The van der Waals surface area contributed by atoms with E-state index in [1.54, 1.807) is 6.07 Å². The molecule has 1 heterocycles. The van der Waals surface area contributed by atoms with Gasteiger partial charge in [-0.1, -0.05) is 37.4 Å². The van der Waals surface area contributed by atoms with Crippen LogP contribution in [0.1, 0.15) is 43.6 Å². The molecule has 7 heteroatoms. The maximum absolute atomic E-state index is 14.3. The quantitative estimate of drug-likeness (QED) is 0.466. The van der Waals surface area contributed by atoms with Gasteiger partial charge in [-0.05, 0) is 42.7 Å². The molecule has 0 aromatic heterocycles. The van der Waals surface area contributed by atoms with E-state index in [0.717, 1.165) is 19.3 Å². The Morgan fingerprint density at radius 1 is 1.00 bits per heavy atom. The highest BCUT2D eigenvalue weighted by Crippen LogP contribution is 2.29. The molecule has 1 saturated heterocycles. The molecule has 0 saturated carbocycles. The van der Waals surface area contributed by atoms with Crippen LogP contribution in [0, 0.1) is 23.4 Å². The smallest absolute Gasteiger partial charge is 0.190 e. The molecular weight excluding hydrogens is 405 g/mol. The van der Waals surface area contributed by atoms with Gasteiger partial charge in [0.25, 0.3) is 0 Å². The van der Waals surface area contributed by atoms with Crippen LogP contribution in [0.25, 0.3) is 0 Å². The minimum atomic E-state index is -0.714. The van der Waals surface area contributed by atoms with Crippen LogP contribution in [0.15, 0.2) is 30.3 Å². The van der Waals surface area contributed by atoms with Gasteiger partial charge in [-0.3, -0.25) is 0 Å². The first kappa shape index (κ1) is 21.9. The molecule has 0 spiro atoms. The first-order valence-corrected chi connectivity index (χ1v) is 10.1. The van der Waals surface area contributed by atoms with E-state index in [4.69, 9.17) is 25.8 Å². The molecule has 1 aliphatic heterocycles. The second kappa shape index (κ2) is 10.3. The lowest BCUT2D eigenvalue weighted by Crippen LogP contribution is -2.31. The molecular formula is C22H24ClF3O3. The summed E-state index contributed by atoms with van der Waals surface area (Å²) in [7, 11) is 0. The highest BCUT2D eigenvalue weighted by atomic mass is 35.5. The number of aryl methyl sites for hydroxylation is 1. The average molecular weight is 429 g/mol. The van der Waals surface area contributed by atoms with E-state index >= 15 is 0 Å². The van der Waals surface area contributed by atoms with E-state index in [0.29, 0.717) is 17.5 Å². The van der Waals surface area contributed by atoms with Crippen molar-refractivity contribution in [3.05, 3.63) is 63.9 Å². The van der Waals surface area contributed by atoms with Crippen LogP contribution >= 0.6 is 11.6 Å². The van der Waals surface area contributed by atoms with Crippen molar-refractivity contribution in [2.45, 2.75) is 38.9 Å². The first-order valence-electron chi connectivity index (χ1n) is 9.76. The van der Waals surface area contributed by atoms with E-state index in [1.807, 2.05) is 0 Å².